The Balaban J connectivity index is 0.000000295. The molecule has 272 valence electrons. The summed E-state index contributed by atoms with van der Waals surface area (Å²) in [7, 11) is 7.79. The highest BCUT2D eigenvalue weighted by Crippen LogP contribution is 2.29. The fourth-order valence-electron chi connectivity index (χ4n) is 3.75. The Morgan fingerprint density at radius 1 is 0.784 bits per heavy atom. The molecule has 0 saturated heterocycles. The number of oxime groups is 1. The SMILES string of the molecule is CN(C)CCC(=O)Cl.CN(C)CCc1nc(-c2cc(-c3ccc(Cl)c(Cl)c3)ncn2)no1.Cl.N/C(=N\O)c1cc(-c2ccc(Cl)c(Cl)c2)ncn1. The van der Waals surface area contributed by atoms with Crippen LogP contribution in [0.1, 0.15) is 18.0 Å². The molecule has 5 rings (SSSR count). The number of likely N-dealkylation sites (N-methyl/N-ethyl adjacent to an activating group) is 1. The van der Waals surface area contributed by atoms with E-state index in [2.05, 4.69) is 40.1 Å². The minimum Gasteiger partial charge on any atom is -0.409 e. The fourth-order valence-corrected chi connectivity index (χ4v) is 4.43. The molecule has 2 aromatic carbocycles. The molecule has 5 aromatic rings. The highest BCUT2D eigenvalue weighted by atomic mass is 35.5. The first kappa shape index (κ1) is 43.5. The molecule has 0 atom stereocenters. The summed E-state index contributed by atoms with van der Waals surface area (Å²) < 4.78 is 5.26. The van der Waals surface area contributed by atoms with E-state index in [0.717, 1.165) is 24.2 Å². The smallest absolute Gasteiger partial charge is 0.228 e. The van der Waals surface area contributed by atoms with E-state index in [4.69, 9.17) is 73.5 Å². The first-order valence-corrected chi connectivity index (χ1v) is 16.5. The molecule has 0 spiro atoms. The van der Waals surface area contributed by atoms with E-state index in [1.807, 2.05) is 39.2 Å². The molecule has 0 saturated carbocycles. The largest absolute Gasteiger partial charge is 0.409 e. The van der Waals surface area contributed by atoms with Gasteiger partial charge in [-0.1, -0.05) is 68.8 Å². The van der Waals surface area contributed by atoms with Gasteiger partial charge in [0.25, 0.3) is 0 Å². The van der Waals surface area contributed by atoms with Crippen LogP contribution < -0.4 is 5.73 Å². The van der Waals surface area contributed by atoms with E-state index in [1.54, 1.807) is 42.5 Å². The van der Waals surface area contributed by atoms with Crippen molar-refractivity contribution >= 4 is 81.5 Å². The van der Waals surface area contributed by atoms with Crippen LogP contribution in [0.3, 0.4) is 0 Å². The number of nitrogens with two attached hydrogens (primary N) is 1. The fraction of sp³-hybridized carbons (Fsp3) is 0.250. The zero-order chi connectivity index (χ0) is 36.8. The van der Waals surface area contributed by atoms with Gasteiger partial charge in [0.15, 0.2) is 5.84 Å². The number of aromatic nitrogens is 6. The van der Waals surface area contributed by atoms with Crippen LogP contribution in [0.15, 0.2) is 70.9 Å². The summed E-state index contributed by atoms with van der Waals surface area (Å²) in [6, 6.07) is 13.8. The monoisotopic (exact) mass is 816 g/mol. The predicted molar refractivity (Wildman–Crippen MR) is 204 cm³/mol. The number of hydrogen-bond acceptors (Lipinski definition) is 12. The molecular weight excluding hydrogens is 785 g/mol. The van der Waals surface area contributed by atoms with Crippen molar-refractivity contribution in [1.82, 2.24) is 39.9 Å². The van der Waals surface area contributed by atoms with E-state index < -0.39 is 0 Å². The van der Waals surface area contributed by atoms with Gasteiger partial charge < -0.3 is 25.3 Å². The van der Waals surface area contributed by atoms with Crippen LogP contribution >= 0.6 is 70.4 Å². The van der Waals surface area contributed by atoms with Gasteiger partial charge in [-0.25, -0.2) is 19.9 Å². The molecule has 0 unspecified atom stereocenters. The number of nitrogens with zero attached hydrogens (tertiary/aromatic N) is 9. The van der Waals surface area contributed by atoms with E-state index in [9.17, 15) is 4.79 Å². The quantitative estimate of drug-likeness (QED) is 0.0475. The third-order valence-corrected chi connectivity index (χ3v) is 8.03. The predicted octanol–water partition coefficient (Wildman–Crippen LogP) is 7.27. The zero-order valence-electron chi connectivity index (χ0n) is 27.8. The molecule has 0 aliphatic rings. The van der Waals surface area contributed by atoms with Crippen molar-refractivity contribution in [2.75, 3.05) is 41.3 Å². The Bertz CT molecular complexity index is 1910. The van der Waals surface area contributed by atoms with Gasteiger partial charge in [0.05, 0.1) is 31.5 Å². The van der Waals surface area contributed by atoms with Gasteiger partial charge in [-0.05, 0) is 76.2 Å². The van der Waals surface area contributed by atoms with Crippen molar-refractivity contribution in [2.45, 2.75) is 12.8 Å². The molecule has 0 aliphatic carbocycles. The average molecular weight is 819 g/mol. The van der Waals surface area contributed by atoms with Crippen molar-refractivity contribution in [2.24, 2.45) is 10.9 Å². The summed E-state index contributed by atoms with van der Waals surface area (Å²) in [4.78, 5) is 34.9. The molecule has 3 heterocycles. The summed E-state index contributed by atoms with van der Waals surface area (Å²) in [6.07, 6.45) is 3.91. The Labute approximate surface area is 326 Å². The number of rotatable bonds is 10. The normalized spacial score (nSPS) is 10.9. The number of carbonyl (C=O) groups excluding carboxylic acids is 1. The van der Waals surface area contributed by atoms with Crippen LogP contribution in [0, 0.1) is 0 Å². The van der Waals surface area contributed by atoms with E-state index in [-0.39, 0.29) is 23.5 Å². The molecule has 3 aromatic heterocycles. The molecule has 0 fully saturated rings. The van der Waals surface area contributed by atoms with Gasteiger partial charge in [-0.3, -0.25) is 4.79 Å². The van der Waals surface area contributed by atoms with Crippen molar-refractivity contribution < 1.29 is 14.5 Å². The van der Waals surface area contributed by atoms with E-state index in [1.165, 1.54) is 12.7 Å². The van der Waals surface area contributed by atoms with Gasteiger partial charge in [0.1, 0.15) is 24.0 Å². The third kappa shape index (κ3) is 14.5. The second-order valence-electron chi connectivity index (χ2n) is 10.8. The molecule has 0 radical (unpaired) electrons. The number of benzene rings is 2. The first-order valence-electron chi connectivity index (χ1n) is 14.6. The maximum atomic E-state index is 10.1. The highest BCUT2D eigenvalue weighted by molar-refractivity contribution is 6.63. The van der Waals surface area contributed by atoms with Crippen LogP contribution in [0.5, 0.6) is 0 Å². The van der Waals surface area contributed by atoms with Crippen molar-refractivity contribution in [1.29, 1.82) is 0 Å². The highest BCUT2D eigenvalue weighted by Gasteiger charge is 2.13. The minimum atomic E-state index is -0.265. The molecule has 0 aliphatic heterocycles. The third-order valence-electron chi connectivity index (χ3n) is 6.36. The molecule has 13 nitrogen and oxygen atoms in total. The summed E-state index contributed by atoms with van der Waals surface area (Å²) in [5, 5.41) is 17.1. The number of amidine groups is 1. The summed E-state index contributed by atoms with van der Waals surface area (Å²) in [5.74, 6) is 0.930. The van der Waals surface area contributed by atoms with Crippen LogP contribution in [0.4, 0.5) is 0 Å². The van der Waals surface area contributed by atoms with Gasteiger partial charge >= 0.3 is 0 Å². The van der Waals surface area contributed by atoms with Crippen molar-refractivity contribution in [3.63, 3.8) is 0 Å². The first-order chi connectivity index (χ1) is 23.8. The van der Waals surface area contributed by atoms with Crippen LogP contribution in [-0.4, -0.2) is 97.4 Å². The van der Waals surface area contributed by atoms with Crippen LogP contribution in [0.25, 0.3) is 34.0 Å². The van der Waals surface area contributed by atoms with Crippen LogP contribution in [-0.2, 0) is 11.2 Å². The molecule has 19 heteroatoms. The second-order valence-corrected chi connectivity index (χ2v) is 12.8. The topological polar surface area (TPSA) is 173 Å². The van der Waals surface area contributed by atoms with Crippen molar-refractivity contribution in [3.05, 3.63) is 92.9 Å². The Kier molecular flexibility index (Phi) is 18.5. The standard InChI is InChI=1S/C16H15Cl2N5O.C11H8Cl2N4O.C5H10ClNO.ClH/c1-23(2)6-5-15-21-16(22-24-15)14-8-13(19-9-20-14)10-3-4-11(17)12(18)7-10;12-7-2-1-6(3-8(7)13)9-4-10(11(14)17-18)16-5-15-9;1-7(2)4-3-5(6)8;/h3-4,7-9H,5-6H2,1-2H3;1-5,18H,(H2,14,17);3-4H2,1-2H3;1H. The van der Waals surface area contributed by atoms with Crippen molar-refractivity contribution in [3.8, 4) is 34.0 Å². The lowest BCUT2D eigenvalue weighted by molar-refractivity contribution is -0.111. The van der Waals surface area contributed by atoms with E-state index in [0.29, 0.717) is 67.4 Å². The maximum Gasteiger partial charge on any atom is 0.228 e. The lowest BCUT2D eigenvalue weighted by Gasteiger charge is -2.05. The lowest BCUT2D eigenvalue weighted by atomic mass is 10.1. The van der Waals surface area contributed by atoms with E-state index >= 15 is 0 Å². The number of carbonyl (C=O) groups is 1. The minimum absolute atomic E-state index is 0. The molecular formula is C32H34Cl6N10O3. The molecule has 3 N–H and O–H groups in total. The second kappa shape index (κ2) is 21.6. The molecule has 0 amide bonds. The van der Waals surface area contributed by atoms with Gasteiger partial charge in [-0.15, -0.1) is 12.4 Å². The Hall–Kier alpha value is -3.66. The summed E-state index contributed by atoms with van der Waals surface area (Å²) >= 11 is 28.8. The molecule has 0 bridgehead atoms. The summed E-state index contributed by atoms with van der Waals surface area (Å²) in [5.41, 5.74) is 9.28. The van der Waals surface area contributed by atoms with Gasteiger partial charge in [0, 0.05) is 37.1 Å². The molecule has 51 heavy (non-hydrogen) atoms. The van der Waals surface area contributed by atoms with Crippen LogP contribution in [0.2, 0.25) is 20.1 Å². The Morgan fingerprint density at radius 2 is 1.31 bits per heavy atom. The maximum absolute atomic E-state index is 10.1. The lowest BCUT2D eigenvalue weighted by Crippen LogP contribution is -2.15. The average Bonchev–Trinajstić information content (AvgIpc) is 3.58. The zero-order valence-corrected chi connectivity index (χ0v) is 32.4. The number of hydrogen-bond donors (Lipinski definition) is 2. The summed E-state index contributed by atoms with van der Waals surface area (Å²) in [6.45, 7) is 1.57. The Morgan fingerprint density at radius 3 is 1.80 bits per heavy atom. The van der Waals surface area contributed by atoms with Gasteiger partial charge in [0.2, 0.25) is 17.0 Å². The number of halogens is 6. The van der Waals surface area contributed by atoms with Gasteiger partial charge in [-0.2, -0.15) is 4.98 Å².